The monoisotopic (exact) mass is 324 g/mol. The van der Waals surface area contributed by atoms with E-state index in [4.69, 9.17) is 0 Å². The van der Waals surface area contributed by atoms with Crippen molar-refractivity contribution in [2.45, 2.75) is 0 Å². The van der Waals surface area contributed by atoms with Crippen LogP contribution in [0.5, 0.6) is 0 Å². The van der Waals surface area contributed by atoms with Crippen LogP contribution >= 0.6 is 0 Å². The molecule has 0 saturated heterocycles. The van der Waals surface area contributed by atoms with E-state index in [9.17, 15) is 0 Å². The molecule has 0 atom stereocenters. The summed E-state index contributed by atoms with van der Waals surface area (Å²) in [5.41, 5.74) is 0. The standard InChI is InChI=1S/C26H12/c1-2-6-20-16-22-14-12-18-8-4-10-24-23-9-3-7-17(25(23)26(18)24)11-13-21(22)15-19(20)5-1/h1-10,15-16H. The highest BCUT2D eigenvalue weighted by Crippen LogP contribution is 2.39. The van der Waals surface area contributed by atoms with Crippen LogP contribution < -0.4 is 0 Å². The van der Waals surface area contributed by atoms with Gasteiger partial charge in [-0.2, -0.15) is 0 Å². The van der Waals surface area contributed by atoms with Gasteiger partial charge in [0.05, 0.1) is 0 Å². The molecule has 0 radical (unpaired) electrons. The van der Waals surface area contributed by atoms with Gasteiger partial charge in [-0.15, -0.1) is 0 Å². The summed E-state index contributed by atoms with van der Waals surface area (Å²) < 4.78 is 0. The lowest BCUT2D eigenvalue weighted by Gasteiger charge is -2.12. The van der Waals surface area contributed by atoms with Gasteiger partial charge in [0.25, 0.3) is 0 Å². The highest BCUT2D eigenvalue weighted by molar-refractivity contribution is 6.34. The van der Waals surface area contributed by atoms with Crippen molar-refractivity contribution in [1.29, 1.82) is 0 Å². The number of hydrogen-bond donors (Lipinski definition) is 0. The van der Waals surface area contributed by atoms with Gasteiger partial charge < -0.3 is 0 Å². The summed E-state index contributed by atoms with van der Waals surface area (Å²) in [4.78, 5) is 0. The Morgan fingerprint density at radius 3 is 1.38 bits per heavy atom. The van der Waals surface area contributed by atoms with Crippen LogP contribution in [0, 0.1) is 24.3 Å². The van der Waals surface area contributed by atoms with Crippen molar-refractivity contribution in [1.82, 2.24) is 0 Å². The molecule has 0 saturated carbocycles. The second kappa shape index (κ2) is 4.89. The van der Waals surface area contributed by atoms with Crippen LogP contribution in [-0.2, 0) is 0 Å². The summed E-state index contributed by atoms with van der Waals surface area (Å²) in [6, 6.07) is 39.0. The molecule has 0 unspecified atom stereocenters. The normalized spacial score (nSPS) is 11.2. The Morgan fingerprint density at radius 2 is 0.885 bits per heavy atom. The number of benzene rings is 4. The fourth-order valence-electron chi connectivity index (χ4n) is 3.95. The molecule has 0 bridgehead atoms. The molecule has 6 rings (SSSR count). The van der Waals surface area contributed by atoms with Crippen LogP contribution in [0.2, 0.25) is 0 Å². The third-order valence-electron chi connectivity index (χ3n) is 5.22. The van der Waals surface area contributed by atoms with E-state index in [-0.39, 0.29) is 0 Å². The van der Waals surface area contributed by atoms with Gasteiger partial charge in [0.15, 0.2) is 0 Å². The molecule has 0 aliphatic heterocycles. The molecular weight excluding hydrogens is 312 g/mol. The van der Waals surface area contributed by atoms with Gasteiger partial charge >= 0.3 is 0 Å². The highest BCUT2D eigenvalue weighted by atomic mass is 14.1. The summed E-state index contributed by atoms with van der Waals surface area (Å²) in [6.07, 6.45) is 0. The van der Waals surface area contributed by atoms with Crippen molar-refractivity contribution in [3.05, 3.63) is 97.1 Å². The first kappa shape index (κ1) is 13.5. The molecule has 0 aliphatic rings. The topological polar surface area (TPSA) is 0 Å². The van der Waals surface area contributed by atoms with Crippen molar-refractivity contribution in [2.75, 3.05) is 0 Å². The molecule has 26 heavy (non-hydrogen) atoms. The molecule has 116 valence electrons. The lowest BCUT2D eigenvalue weighted by Crippen LogP contribution is -1.85. The van der Waals surface area contributed by atoms with Gasteiger partial charge in [-0.1, -0.05) is 72.8 Å². The minimum atomic E-state index is 0.993. The predicted octanol–water partition coefficient (Wildman–Crippen LogP) is 6.65. The third kappa shape index (κ3) is 1.76. The van der Waals surface area contributed by atoms with Crippen molar-refractivity contribution < 1.29 is 0 Å². The number of hydrogen-bond acceptors (Lipinski definition) is 0. The predicted molar refractivity (Wildman–Crippen MR) is 109 cm³/mol. The van der Waals surface area contributed by atoms with Gasteiger partial charge in [0.2, 0.25) is 0 Å². The van der Waals surface area contributed by atoms with Gasteiger partial charge in [0, 0.05) is 32.3 Å². The van der Waals surface area contributed by atoms with Crippen LogP contribution in [-0.4, -0.2) is 0 Å². The molecule has 6 aromatic carbocycles. The molecule has 0 nitrogen and oxygen atoms in total. The van der Waals surface area contributed by atoms with E-state index in [1.54, 1.807) is 0 Å². The van der Waals surface area contributed by atoms with Gasteiger partial charge in [-0.25, -0.2) is 0 Å². The Hall–Kier alpha value is -3.74. The van der Waals surface area contributed by atoms with E-state index in [0.717, 1.165) is 21.5 Å². The van der Waals surface area contributed by atoms with E-state index >= 15 is 0 Å². The maximum absolute atomic E-state index is 3.41. The zero-order valence-electron chi connectivity index (χ0n) is 13.9. The summed E-state index contributed by atoms with van der Waals surface area (Å²) in [5.74, 6) is 0. The van der Waals surface area contributed by atoms with Gasteiger partial charge in [0.1, 0.15) is 0 Å². The molecule has 0 aliphatic carbocycles. The first-order chi connectivity index (χ1) is 12.9. The summed E-state index contributed by atoms with van der Waals surface area (Å²) in [7, 11) is 0. The molecular formula is C26H12. The van der Waals surface area contributed by atoms with E-state index in [0.29, 0.717) is 0 Å². The Morgan fingerprint density at radius 1 is 0.423 bits per heavy atom. The molecule has 0 amide bonds. The Labute approximate surface area is 151 Å². The first-order valence-corrected chi connectivity index (χ1v) is 8.72. The summed E-state index contributed by atoms with van der Waals surface area (Å²) in [5, 5.41) is 11.6. The largest absolute Gasteiger partial charge is 0.0616 e. The Kier molecular flexibility index (Phi) is 2.54. The molecule has 6 aromatic rings. The van der Waals surface area contributed by atoms with E-state index in [1.807, 2.05) is 0 Å². The van der Waals surface area contributed by atoms with Crippen molar-refractivity contribution in [2.24, 2.45) is 0 Å². The maximum atomic E-state index is 3.41. The SMILES string of the molecule is c1c2cc3ccccc3cc2c#cc2cccc3c4cccc(c#1)c4c23. The zero-order chi connectivity index (χ0) is 17.1. The van der Waals surface area contributed by atoms with Gasteiger partial charge in [-0.3, -0.25) is 0 Å². The minimum absolute atomic E-state index is 0.993. The average molecular weight is 324 g/mol. The second-order valence-corrected chi connectivity index (χ2v) is 6.70. The molecule has 0 heteroatoms. The van der Waals surface area contributed by atoms with Crippen molar-refractivity contribution in [3.8, 4) is 0 Å². The molecule has 0 aromatic heterocycles. The van der Waals surface area contributed by atoms with Crippen LogP contribution in [0.3, 0.4) is 0 Å². The second-order valence-electron chi connectivity index (χ2n) is 6.70. The molecule has 0 N–H and O–H groups in total. The molecule has 0 fully saturated rings. The fourth-order valence-corrected chi connectivity index (χ4v) is 3.95. The highest BCUT2D eigenvalue weighted by Gasteiger charge is 2.12. The molecule has 0 heterocycles. The van der Waals surface area contributed by atoms with Crippen LogP contribution in [0.4, 0.5) is 0 Å². The number of fused-ring (bicyclic) bond motifs is 3. The van der Waals surface area contributed by atoms with Crippen molar-refractivity contribution in [3.63, 3.8) is 0 Å². The van der Waals surface area contributed by atoms with Crippen LogP contribution in [0.25, 0.3) is 53.9 Å². The van der Waals surface area contributed by atoms with Crippen LogP contribution in [0.1, 0.15) is 0 Å². The Bertz CT molecular complexity index is 1360. The van der Waals surface area contributed by atoms with Crippen LogP contribution in [0.15, 0.2) is 72.8 Å². The van der Waals surface area contributed by atoms with E-state index in [2.05, 4.69) is 97.1 Å². The summed E-state index contributed by atoms with van der Waals surface area (Å²) in [6.45, 7) is 0. The molecule has 0 spiro atoms. The Balaban J connectivity index is 1.85. The number of rotatable bonds is 0. The van der Waals surface area contributed by atoms with E-state index < -0.39 is 0 Å². The smallest absolute Gasteiger partial charge is 0.0412 e. The quantitative estimate of drug-likeness (QED) is 0.293. The first-order valence-electron chi connectivity index (χ1n) is 8.72. The lowest BCUT2D eigenvalue weighted by atomic mass is 9.90. The minimum Gasteiger partial charge on any atom is -0.0616 e. The summed E-state index contributed by atoms with van der Waals surface area (Å²) >= 11 is 0. The van der Waals surface area contributed by atoms with Crippen molar-refractivity contribution >= 4 is 53.9 Å². The average Bonchev–Trinajstić information content (AvgIpc) is 2.68. The van der Waals surface area contributed by atoms with Gasteiger partial charge in [-0.05, 0) is 45.8 Å². The van der Waals surface area contributed by atoms with E-state index in [1.165, 1.54) is 32.3 Å². The fraction of sp³-hybridized carbons (Fsp3) is 0. The zero-order valence-corrected chi connectivity index (χ0v) is 13.9. The lowest BCUT2D eigenvalue weighted by molar-refractivity contribution is 1.79. The third-order valence-corrected chi connectivity index (χ3v) is 5.22. The maximum Gasteiger partial charge on any atom is 0.0412 e.